The number of hydrogen-bond acceptors (Lipinski definition) is 2. The first-order chi connectivity index (χ1) is 9.29. The Kier molecular flexibility index (Phi) is 2.57. The lowest BCUT2D eigenvalue weighted by Gasteiger charge is -2.11. The van der Waals surface area contributed by atoms with Crippen molar-refractivity contribution in [1.82, 2.24) is 9.61 Å². The Morgan fingerprint density at radius 2 is 2.05 bits per heavy atom. The monoisotopic (exact) mass is 284 g/mol. The lowest BCUT2D eigenvalue weighted by Crippen LogP contribution is -2.13. The molecule has 2 aromatic rings. The van der Waals surface area contributed by atoms with Crippen molar-refractivity contribution in [3.63, 3.8) is 0 Å². The van der Waals surface area contributed by atoms with E-state index >= 15 is 0 Å². The van der Waals surface area contributed by atoms with E-state index < -0.39 is 17.8 Å². The molecular weight excluding hydrogens is 273 g/mol. The van der Waals surface area contributed by atoms with Crippen molar-refractivity contribution in [3.05, 3.63) is 34.6 Å². The summed E-state index contributed by atoms with van der Waals surface area (Å²) in [7, 11) is 0. The number of aromatic nitrogens is 2. The Morgan fingerprint density at radius 3 is 2.55 bits per heavy atom. The van der Waals surface area contributed by atoms with Crippen LogP contribution in [0, 0.1) is 6.92 Å². The molecule has 4 nitrogen and oxygen atoms in total. The zero-order valence-corrected chi connectivity index (χ0v) is 10.5. The number of aryl methyl sites for hydroxylation is 1. The summed E-state index contributed by atoms with van der Waals surface area (Å²) in [5.41, 5.74) is -0.203. The summed E-state index contributed by atoms with van der Waals surface area (Å²) in [4.78, 5) is 11.0. The average molecular weight is 284 g/mol. The van der Waals surface area contributed by atoms with E-state index in [-0.39, 0.29) is 22.7 Å². The lowest BCUT2D eigenvalue weighted by atomic mass is 10.1. The predicted molar refractivity (Wildman–Crippen MR) is 63.9 cm³/mol. The van der Waals surface area contributed by atoms with Crippen LogP contribution in [0.2, 0.25) is 0 Å². The van der Waals surface area contributed by atoms with Gasteiger partial charge in [0.25, 0.3) is 0 Å². The summed E-state index contributed by atoms with van der Waals surface area (Å²) in [6.45, 7) is 1.47. The molecule has 2 heterocycles. The Hall–Kier alpha value is -2.05. The maximum absolute atomic E-state index is 13.1. The zero-order valence-electron chi connectivity index (χ0n) is 10.5. The molecule has 0 aliphatic heterocycles. The molecule has 0 unspecified atom stereocenters. The van der Waals surface area contributed by atoms with Crippen molar-refractivity contribution in [3.8, 4) is 0 Å². The third kappa shape index (κ3) is 1.93. The number of rotatable bonds is 2. The van der Waals surface area contributed by atoms with E-state index in [4.69, 9.17) is 5.11 Å². The van der Waals surface area contributed by atoms with Gasteiger partial charge in [0.05, 0.1) is 5.52 Å². The summed E-state index contributed by atoms with van der Waals surface area (Å²) in [6.07, 6.45) is -2.84. The van der Waals surface area contributed by atoms with Crippen LogP contribution in [-0.4, -0.2) is 20.7 Å². The average Bonchev–Trinajstić information content (AvgIpc) is 3.12. The molecule has 1 fully saturated rings. The fraction of sp³-hybridized carbons (Fsp3) is 0.385. The molecule has 0 spiro atoms. The Labute approximate surface area is 111 Å². The van der Waals surface area contributed by atoms with Crippen molar-refractivity contribution >= 4 is 11.5 Å². The van der Waals surface area contributed by atoms with Crippen LogP contribution in [0.15, 0.2) is 12.1 Å². The van der Waals surface area contributed by atoms with Gasteiger partial charge in [0.1, 0.15) is 5.69 Å². The summed E-state index contributed by atoms with van der Waals surface area (Å²) in [6, 6.07) is 2.68. The number of carbonyl (C=O) groups is 1. The first-order valence-corrected chi connectivity index (χ1v) is 6.13. The maximum atomic E-state index is 13.1. The molecular formula is C13H11F3N2O2. The van der Waals surface area contributed by atoms with Crippen LogP contribution in [0.25, 0.3) is 5.52 Å². The minimum absolute atomic E-state index is 0.142. The number of halogens is 3. The highest BCUT2D eigenvalue weighted by Gasteiger charge is 2.37. The minimum Gasteiger partial charge on any atom is -0.476 e. The van der Waals surface area contributed by atoms with Gasteiger partial charge in [-0.3, -0.25) is 0 Å². The summed E-state index contributed by atoms with van der Waals surface area (Å²) < 4.78 is 40.0. The molecule has 0 amide bonds. The van der Waals surface area contributed by atoms with Crippen molar-refractivity contribution in [2.75, 3.05) is 0 Å². The normalized spacial score (nSPS) is 15.8. The summed E-state index contributed by atoms with van der Waals surface area (Å²) >= 11 is 0. The highest BCUT2D eigenvalue weighted by Crippen LogP contribution is 2.43. The molecule has 106 valence electrons. The minimum atomic E-state index is -4.57. The molecule has 1 aliphatic carbocycles. The van der Waals surface area contributed by atoms with Gasteiger partial charge in [0, 0.05) is 5.56 Å². The molecule has 0 radical (unpaired) electrons. The second kappa shape index (κ2) is 3.97. The number of alkyl halides is 3. The third-order valence-electron chi connectivity index (χ3n) is 3.54. The topological polar surface area (TPSA) is 54.6 Å². The Morgan fingerprint density at radius 1 is 1.40 bits per heavy atom. The lowest BCUT2D eigenvalue weighted by molar-refractivity contribution is -0.142. The number of nitrogens with zero attached hydrogens (tertiary/aromatic N) is 2. The fourth-order valence-electron chi connectivity index (χ4n) is 2.34. The second-order valence-electron chi connectivity index (χ2n) is 5.02. The zero-order chi connectivity index (χ0) is 14.7. The van der Waals surface area contributed by atoms with Gasteiger partial charge in [-0.25, -0.2) is 9.31 Å². The van der Waals surface area contributed by atoms with Gasteiger partial charge in [0.15, 0.2) is 5.69 Å². The molecule has 1 N–H and O–H groups in total. The highest BCUT2D eigenvalue weighted by atomic mass is 19.4. The Balaban J connectivity index is 2.34. The van der Waals surface area contributed by atoms with E-state index in [2.05, 4.69) is 5.10 Å². The smallest absolute Gasteiger partial charge is 0.433 e. The quantitative estimate of drug-likeness (QED) is 0.921. The van der Waals surface area contributed by atoms with Gasteiger partial charge < -0.3 is 5.11 Å². The molecule has 7 heteroatoms. The number of carboxylic acid groups (broad SMARTS) is 1. The van der Waals surface area contributed by atoms with Gasteiger partial charge in [0.2, 0.25) is 0 Å². The second-order valence-corrected chi connectivity index (χ2v) is 5.02. The first kappa shape index (κ1) is 13.0. The largest absolute Gasteiger partial charge is 0.476 e. The first-order valence-electron chi connectivity index (χ1n) is 6.13. The van der Waals surface area contributed by atoms with Crippen molar-refractivity contribution in [1.29, 1.82) is 0 Å². The summed E-state index contributed by atoms with van der Waals surface area (Å²) in [5, 5.41) is 12.6. The van der Waals surface area contributed by atoms with Crippen LogP contribution in [0.3, 0.4) is 0 Å². The van der Waals surface area contributed by atoms with Crippen LogP contribution < -0.4 is 0 Å². The molecule has 0 saturated heterocycles. The van der Waals surface area contributed by atoms with E-state index in [9.17, 15) is 18.0 Å². The SMILES string of the molecule is Cc1c(C(=O)O)nn2c(C(F)(F)F)cc(C3CC3)cc12. The molecule has 1 saturated carbocycles. The molecule has 2 aromatic heterocycles. The van der Waals surface area contributed by atoms with Crippen LogP contribution in [-0.2, 0) is 6.18 Å². The van der Waals surface area contributed by atoms with Crippen molar-refractivity contribution in [2.45, 2.75) is 31.9 Å². The van der Waals surface area contributed by atoms with Crippen molar-refractivity contribution in [2.24, 2.45) is 0 Å². The number of aromatic carboxylic acids is 1. The molecule has 3 rings (SSSR count). The number of pyridine rings is 1. The summed E-state index contributed by atoms with van der Waals surface area (Å²) in [5.74, 6) is -1.18. The van der Waals surface area contributed by atoms with Crippen LogP contribution >= 0.6 is 0 Å². The molecule has 0 aromatic carbocycles. The molecule has 1 aliphatic rings. The van der Waals surface area contributed by atoms with Crippen LogP contribution in [0.5, 0.6) is 0 Å². The van der Waals surface area contributed by atoms with Crippen LogP contribution in [0.4, 0.5) is 13.2 Å². The maximum Gasteiger partial charge on any atom is 0.433 e. The standard InChI is InChI=1S/C13H11F3N2O2/c1-6-9-4-8(7-2-3-7)5-10(13(14,15)16)18(9)17-11(6)12(19)20/h4-5,7H,2-3H2,1H3,(H,19,20). The third-order valence-corrected chi connectivity index (χ3v) is 3.54. The van der Waals surface area contributed by atoms with Gasteiger partial charge in [-0.05, 0) is 43.4 Å². The molecule has 20 heavy (non-hydrogen) atoms. The van der Waals surface area contributed by atoms with Crippen LogP contribution in [0.1, 0.15) is 46.1 Å². The van der Waals surface area contributed by atoms with E-state index in [0.29, 0.717) is 10.1 Å². The van der Waals surface area contributed by atoms with Gasteiger partial charge in [-0.1, -0.05) is 0 Å². The van der Waals surface area contributed by atoms with E-state index in [1.54, 1.807) is 6.07 Å². The van der Waals surface area contributed by atoms with Gasteiger partial charge >= 0.3 is 12.1 Å². The van der Waals surface area contributed by atoms with Gasteiger partial charge in [-0.15, -0.1) is 0 Å². The molecule has 0 atom stereocenters. The predicted octanol–water partition coefficient (Wildman–Crippen LogP) is 3.24. The van der Waals surface area contributed by atoms with E-state index in [1.165, 1.54) is 6.92 Å². The van der Waals surface area contributed by atoms with Crippen molar-refractivity contribution < 1.29 is 23.1 Å². The Bertz CT molecular complexity index is 714. The van der Waals surface area contributed by atoms with Gasteiger partial charge in [-0.2, -0.15) is 18.3 Å². The van der Waals surface area contributed by atoms with E-state index in [0.717, 1.165) is 18.9 Å². The molecule has 0 bridgehead atoms. The number of fused-ring (bicyclic) bond motifs is 1. The number of carboxylic acids is 1. The van der Waals surface area contributed by atoms with E-state index in [1.807, 2.05) is 0 Å². The number of hydrogen-bond donors (Lipinski definition) is 1. The fourth-order valence-corrected chi connectivity index (χ4v) is 2.34. The highest BCUT2D eigenvalue weighted by molar-refractivity contribution is 5.89.